The van der Waals surface area contributed by atoms with E-state index >= 15 is 0 Å². The Morgan fingerprint density at radius 1 is 1.42 bits per heavy atom. The Morgan fingerprint density at radius 3 is 2.58 bits per heavy atom. The second kappa shape index (κ2) is 8.96. The van der Waals surface area contributed by atoms with Crippen molar-refractivity contribution >= 4 is 39.8 Å². The maximum Gasteiger partial charge on any atom is 0.191 e. The summed E-state index contributed by atoms with van der Waals surface area (Å²) >= 11 is 0. The second-order valence-electron chi connectivity index (χ2n) is 4.90. The maximum atomic E-state index is 11.3. The van der Waals surface area contributed by atoms with E-state index in [1.807, 2.05) is 14.1 Å². The summed E-state index contributed by atoms with van der Waals surface area (Å²) in [5, 5.41) is 6.35. The Hall–Kier alpha value is -0.0900. The van der Waals surface area contributed by atoms with Crippen LogP contribution in [0.3, 0.4) is 0 Å². The minimum atomic E-state index is -2.84. The minimum absolute atomic E-state index is 0. The van der Waals surface area contributed by atoms with Gasteiger partial charge in [-0.2, -0.15) is 0 Å². The highest BCUT2D eigenvalue weighted by atomic mass is 127. The van der Waals surface area contributed by atoms with Crippen LogP contribution in [0.2, 0.25) is 0 Å². The molecule has 114 valence electrons. The summed E-state index contributed by atoms with van der Waals surface area (Å²) < 4.78 is 22.7. The third-order valence-electron chi connectivity index (χ3n) is 2.87. The number of guanidine groups is 1. The van der Waals surface area contributed by atoms with Gasteiger partial charge < -0.3 is 15.5 Å². The van der Waals surface area contributed by atoms with E-state index < -0.39 is 9.84 Å². The molecule has 19 heavy (non-hydrogen) atoms. The molecule has 0 amide bonds. The highest BCUT2D eigenvalue weighted by molar-refractivity contribution is 14.0. The van der Waals surface area contributed by atoms with Crippen LogP contribution in [0.15, 0.2) is 4.99 Å². The average Bonchev–Trinajstić information content (AvgIpc) is 2.62. The van der Waals surface area contributed by atoms with Crippen LogP contribution in [0, 0.1) is 0 Å². The predicted molar refractivity (Wildman–Crippen MR) is 90.1 cm³/mol. The quantitative estimate of drug-likeness (QED) is 0.290. The lowest BCUT2D eigenvalue weighted by Gasteiger charge is -2.16. The monoisotopic (exact) mass is 404 g/mol. The highest BCUT2D eigenvalue weighted by Crippen LogP contribution is 2.10. The van der Waals surface area contributed by atoms with Crippen molar-refractivity contribution in [1.29, 1.82) is 0 Å². The molecule has 1 atom stereocenters. The van der Waals surface area contributed by atoms with Crippen LogP contribution in [-0.2, 0) is 9.84 Å². The van der Waals surface area contributed by atoms with Crippen molar-refractivity contribution in [2.45, 2.75) is 18.9 Å². The van der Waals surface area contributed by atoms with Gasteiger partial charge in [-0.3, -0.25) is 4.99 Å². The van der Waals surface area contributed by atoms with Crippen molar-refractivity contribution in [3.63, 3.8) is 0 Å². The number of rotatable bonds is 5. The number of sulfone groups is 1. The number of hydrogen-bond acceptors (Lipinski definition) is 4. The molecule has 1 unspecified atom stereocenters. The normalized spacial score (nSPS) is 22.1. The van der Waals surface area contributed by atoms with Crippen molar-refractivity contribution < 1.29 is 8.42 Å². The van der Waals surface area contributed by atoms with Gasteiger partial charge >= 0.3 is 0 Å². The fourth-order valence-corrected chi connectivity index (χ4v) is 3.57. The van der Waals surface area contributed by atoms with Gasteiger partial charge in [0.05, 0.1) is 11.5 Å². The van der Waals surface area contributed by atoms with Crippen molar-refractivity contribution in [2.75, 3.05) is 45.7 Å². The van der Waals surface area contributed by atoms with Crippen LogP contribution in [0.5, 0.6) is 0 Å². The molecule has 0 bridgehead atoms. The Kier molecular flexibility index (Phi) is 8.92. The van der Waals surface area contributed by atoms with Crippen molar-refractivity contribution in [3.8, 4) is 0 Å². The number of halogens is 1. The summed E-state index contributed by atoms with van der Waals surface area (Å²) in [6.07, 6.45) is 1.69. The topological polar surface area (TPSA) is 73.8 Å². The molecule has 0 aliphatic carbocycles. The highest BCUT2D eigenvalue weighted by Gasteiger charge is 2.28. The van der Waals surface area contributed by atoms with Crippen molar-refractivity contribution in [3.05, 3.63) is 0 Å². The largest absolute Gasteiger partial charge is 0.356 e. The molecule has 1 heterocycles. The standard InChI is InChI=1S/C11H24N4O2S.HI/c1-12-11(13-6-4-7-15(2)3)14-10-5-8-18(16,17)9-10;/h10H,4-9H2,1-3H3,(H2,12,13,14);1H. The molecule has 0 spiro atoms. The van der Waals surface area contributed by atoms with Gasteiger partial charge in [0.25, 0.3) is 0 Å². The summed E-state index contributed by atoms with van der Waals surface area (Å²) in [5.41, 5.74) is 0. The Balaban J connectivity index is 0.00000324. The molecule has 1 rings (SSSR count). The molecule has 0 saturated carbocycles. The molecule has 1 fully saturated rings. The smallest absolute Gasteiger partial charge is 0.191 e. The third-order valence-corrected chi connectivity index (χ3v) is 4.64. The van der Waals surface area contributed by atoms with Crippen LogP contribution >= 0.6 is 24.0 Å². The molecule has 1 aliphatic rings. The maximum absolute atomic E-state index is 11.3. The summed E-state index contributed by atoms with van der Waals surface area (Å²) in [4.78, 5) is 6.23. The molecule has 0 aromatic heterocycles. The molecule has 6 nitrogen and oxygen atoms in total. The SMILES string of the molecule is CN=C(NCCCN(C)C)NC1CCS(=O)(=O)C1.I. The van der Waals surface area contributed by atoms with Crippen LogP contribution in [0.1, 0.15) is 12.8 Å². The van der Waals surface area contributed by atoms with Gasteiger partial charge in [0, 0.05) is 19.6 Å². The summed E-state index contributed by atoms with van der Waals surface area (Å²) in [7, 11) is 2.94. The fourth-order valence-electron chi connectivity index (χ4n) is 1.90. The van der Waals surface area contributed by atoms with Gasteiger partial charge in [-0.05, 0) is 33.5 Å². The lowest BCUT2D eigenvalue weighted by Crippen LogP contribution is -2.44. The number of hydrogen-bond donors (Lipinski definition) is 2. The zero-order valence-electron chi connectivity index (χ0n) is 11.8. The molecule has 0 radical (unpaired) electrons. The molecule has 0 aromatic rings. The van der Waals surface area contributed by atoms with Gasteiger partial charge in [0.1, 0.15) is 0 Å². The van der Waals surface area contributed by atoms with E-state index in [1.54, 1.807) is 7.05 Å². The zero-order valence-corrected chi connectivity index (χ0v) is 15.0. The molecule has 1 aliphatic heterocycles. The number of aliphatic imine (C=N–C) groups is 1. The Morgan fingerprint density at radius 2 is 2.11 bits per heavy atom. The van der Waals surface area contributed by atoms with Gasteiger partial charge in [-0.1, -0.05) is 0 Å². The first-order valence-corrected chi connectivity index (χ1v) is 8.07. The van der Waals surface area contributed by atoms with E-state index in [0.717, 1.165) is 19.5 Å². The summed E-state index contributed by atoms with van der Waals surface area (Å²) in [6, 6.07) is -0.00458. The fraction of sp³-hybridized carbons (Fsp3) is 0.909. The minimum Gasteiger partial charge on any atom is -0.356 e. The van der Waals surface area contributed by atoms with E-state index in [0.29, 0.717) is 12.4 Å². The molecule has 8 heteroatoms. The molecule has 0 aromatic carbocycles. The predicted octanol–water partition coefficient (Wildman–Crippen LogP) is -0.0918. The first-order valence-electron chi connectivity index (χ1n) is 6.25. The number of nitrogens with one attached hydrogen (secondary N) is 2. The van der Waals surface area contributed by atoms with Gasteiger partial charge in [-0.15, -0.1) is 24.0 Å². The van der Waals surface area contributed by atoms with E-state index in [-0.39, 0.29) is 41.5 Å². The lowest BCUT2D eigenvalue weighted by atomic mass is 10.3. The summed E-state index contributed by atoms with van der Waals surface area (Å²) in [5.74, 6) is 1.18. The molecular formula is C11H25IN4O2S. The van der Waals surface area contributed by atoms with Gasteiger partial charge in [0.15, 0.2) is 15.8 Å². The average molecular weight is 404 g/mol. The van der Waals surface area contributed by atoms with Crippen LogP contribution in [0.25, 0.3) is 0 Å². The van der Waals surface area contributed by atoms with E-state index in [9.17, 15) is 8.42 Å². The van der Waals surface area contributed by atoms with E-state index in [2.05, 4.69) is 20.5 Å². The Bertz CT molecular complexity index is 384. The van der Waals surface area contributed by atoms with E-state index in [1.165, 1.54) is 0 Å². The third kappa shape index (κ3) is 7.93. The van der Waals surface area contributed by atoms with Crippen molar-refractivity contribution in [2.24, 2.45) is 4.99 Å². The van der Waals surface area contributed by atoms with Gasteiger partial charge in [0.2, 0.25) is 0 Å². The Labute approximate surface area is 133 Å². The first kappa shape index (κ1) is 18.9. The number of nitrogens with zero attached hydrogens (tertiary/aromatic N) is 2. The first-order chi connectivity index (χ1) is 8.43. The van der Waals surface area contributed by atoms with Crippen molar-refractivity contribution in [1.82, 2.24) is 15.5 Å². The molecular weight excluding hydrogens is 379 g/mol. The van der Waals surface area contributed by atoms with Gasteiger partial charge in [-0.25, -0.2) is 8.42 Å². The van der Waals surface area contributed by atoms with Crippen LogP contribution in [-0.4, -0.2) is 71.1 Å². The van der Waals surface area contributed by atoms with Crippen LogP contribution < -0.4 is 10.6 Å². The van der Waals surface area contributed by atoms with Crippen LogP contribution in [0.4, 0.5) is 0 Å². The second-order valence-corrected chi connectivity index (χ2v) is 7.13. The lowest BCUT2D eigenvalue weighted by molar-refractivity contribution is 0.399. The zero-order chi connectivity index (χ0) is 13.6. The molecule has 1 saturated heterocycles. The summed E-state index contributed by atoms with van der Waals surface area (Å²) in [6.45, 7) is 1.85. The van der Waals surface area contributed by atoms with E-state index in [4.69, 9.17) is 0 Å². The molecule has 2 N–H and O–H groups in total.